The summed E-state index contributed by atoms with van der Waals surface area (Å²) in [5.74, 6) is -3.55. The fraction of sp³-hybridized carbons (Fsp3) is 0.188. The number of methoxy groups -OCH3 is 1. The highest BCUT2D eigenvalue weighted by Crippen LogP contribution is 2.52. The molecule has 0 atom stereocenters. The van der Waals surface area contributed by atoms with Gasteiger partial charge in [0.1, 0.15) is 0 Å². The average Bonchev–Trinajstić information content (AvgIpc) is 2.67. The third kappa shape index (κ3) is 1.57. The minimum absolute atomic E-state index is 0.0138. The van der Waals surface area contributed by atoms with Crippen LogP contribution in [0.25, 0.3) is 11.1 Å². The molecule has 0 radical (unpaired) electrons. The molecular weight excluding hydrogens is 262 g/mol. The fourth-order valence-electron chi connectivity index (χ4n) is 2.78. The van der Waals surface area contributed by atoms with E-state index < -0.39 is 11.9 Å². The summed E-state index contributed by atoms with van der Waals surface area (Å²) >= 11 is 0. The summed E-state index contributed by atoms with van der Waals surface area (Å²) in [5, 5.41) is 0. The van der Waals surface area contributed by atoms with Crippen molar-refractivity contribution < 1.29 is 18.3 Å². The van der Waals surface area contributed by atoms with E-state index in [0.717, 1.165) is 0 Å². The summed E-state index contributed by atoms with van der Waals surface area (Å²) in [6, 6.07) is 9.31. The minimum Gasteiger partial charge on any atom is -0.465 e. The molecule has 0 saturated heterocycles. The highest BCUT2D eigenvalue weighted by molar-refractivity contribution is 5.93. The fourth-order valence-corrected chi connectivity index (χ4v) is 2.78. The van der Waals surface area contributed by atoms with Gasteiger partial charge in [-0.15, -0.1) is 0 Å². The van der Waals surface area contributed by atoms with E-state index in [4.69, 9.17) is 0 Å². The molecule has 0 N–H and O–H groups in total. The number of halogens is 2. The summed E-state index contributed by atoms with van der Waals surface area (Å²) in [7, 11) is 1.27. The van der Waals surface area contributed by atoms with Crippen LogP contribution in [0.4, 0.5) is 8.78 Å². The van der Waals surface area contributed by atoms with Gasteiger partial charge in [0.25, 0.3) is 5.92 Å². The van der Waals surface area contributed by atoms with Crippen molar-refractivity contribution >= 4 is 5.97 Å². The van der Waals surface area contributed by atoms with Gasteiger partial charge in [-0.2, -0.15) is 8.78 Å². The zero-order valence-corrected chi connectivity index (χ0v) is 11.0. The van der Waals surface area contributed by atoms with E-state index in [9.17, 15) is 13.6 Å². The largest absolute Gasteiger partial charge is 0.465 e. The van der Waals surface area contributed by atoms with Crippen molar-refractivity contribution in [2.45, 2.75) is 12.8 Å². The Bertz CT molecular complexity index is 720. The zero-order valence-electron chi connectivity index (χ0n) is 11.0. The molecule has 2 aromatic rings. The molecule has 102 valence electrons. The Morgan fingerprint density at radius 2 is 1.85 bits per heavy atom. The Hall–Kier alpha value is -2.23. The van der Waals surface area contributed by atoms with Crippen molar-refractivity contribution in [3.8, 4) is 11.1 Å². The molecule has 4 heteroatoms. The average molecular weight is 274 g/mol. The van der Waals surface area contributed by atoms with Gasteiger partial charge in [0.15, 0.2) is 0 Å². The van der Waals surface area contributed by atoms with Gasteiger partial charge in [-0.1, -0.05) is 24.3 Å². The van der Waals surface area contributed by atoms with Gasteiger partial charge in [-0.25, -0.2) is 4.79 Å². The summed E-state index contributed by atoms with van der Waals surface area (Å²) < 4.78 is 33.6. The maximum atomic E-state index is 14.5. The van der Waals surface area contributed by atoms with E-state index in [2.05, 4.69) is 4.74 Å². The molecule has 0 heterocycles. The van der Waals surface area contributed by atoms with Gasteiger partial charge < -0.3 is 4.74 Å². The molecule has 0 fully saturated rings. The van der Waals surface area contributed by atoms with Crippen molar-refractivity contribution in [1.82, 2.24) is 0 Å². The van der Waals surface area contributed by atoms with E-state index in [1.54, 1.807) is 25.1 Å². The summed E-state index contributed by atoms with van der Waals surface area (Å²) in [4.78, 5) is 11.6. The van der Waals surface area contributed by atoms with Crippen molar-refractivity contribution in [3.05, 3.63) is 58.7 Å². The van der Waals surface area contributed by atoms with Crippen LogP contribution in [-0.2, 0) is 10.7 Å². The number of carbonyl (C=O) groups excluding carboxylic acids is 1. The molecule has 0 bridgehead atoms. The minimum atomic E-state index is -3.02. The van der Waals surface area contributed by atoms with Gasteiger partial charge in [-0.3, -0.25) is 0 Å². The molecule has 3 rings (SSSR count). The van der Waals surface area contributed by atoms with Crippen LogP contribution in [-0.4, -0.2) is 13.1 Å². The first-order valence-corrected chi connectivity index (χ1v) is 6.18. The Balaban J connectivity index is 2.33. The van der Waals surface area contributed by atoms with E-state index in [1.807, 2.05) is 0 Å². The van der Waals surface area contributed by atoms with Crippen LogP contribution >= 0.6 is 0 Å². The first-order chi connectivity index (χ1) is 9.46. The number of benzene rings is 2. The number of ether oxygens (including phenoxy) is 1. The third-order valence-electron chi connectivity index (χ3n) is 3.63. The molecular formula is C16H12F2O2. The molecule has 2 nitrogen and oxygen atoms in total. The van der Waals surface area contributed by atoms with Crippen LogP contribution in [0, 0.1) is 6.92 Å². The number of fused-ring (bicyclic) bond motifs is 3. The maximum absolute atomic E-state index is 14.5. The van der Waals surface area contributed by atoms with Crippen LogP contribution < -0.4 is 0 Å². The van der Waals surface area contributed by atoms with E-state index in [0.29, 0.717) is 16.7 Å². The van der Waals surface area contributed by atoms with Crippen molar-refractivity contribution in [2.75, 3.05) is 7.11 Å². The highest BCUT2D eigenvalue weighted by Gasteiger charge is 2.45. The second kappa shape index (κ2) is 4.13. The van der Waals surface area contributed by atoms with Gasteiger partial charge in [0.2, 0.25) is 0 Å². The van der Waals surface area contributed by atoms with Crippen molar-refractivity contribution in [2.24, 2.45) is 0 Å². The molecule has 1 aliphatic carbocycles. The van der Waals surface area contributed by atoms with Crippen LogP contribution in [0.3, 0.4) is 0 Å². The normalized spacial score (nSPS) is 14.6. The molecule has 1 aliphatic rings. The number of hydrogen-bond donors (Lipinski definition) is 0. The van der Waals surface area contributed by atoms with Crippen molar-refractivity contribution in [3.63, 3.8) is 0 Å². The molecule has 20 heavy (non-hydrogen) atoms. The highest BCUT2D eigenvalue weighted by atomic mass is 19.3. The number of esters is 1. The lowest BCUT2D eigenvalue weighted by molar-refractivity contribution is 0.0471. The molecule has 0 aliphatic heterocycles. The molecule has 0 unspecified atom stereocenters. The van der Waals surface area contributed by atoms with E-state index in [-0.39, 0.29) is 16.7 Å². The second-order valence-corrected chi connectivity index (χ2v) is 4.83. The lowest BCUT2D eigenvalue weighted by Gasteiger charge is -2.15. The van der Waals surface area contributed by atoms with Gasteiger partial charge in [-0.05, 0) is 35.7 Å². The summed E-state index contributed by atoms with van der Waals surface area (Å²) in [5.41, 5.74) is 1.53. The quantitative estimate of drug-likeness (QED) is 0.737. The second-order valence-electron chi connectivity index (χ2n) is 4.83. The molecule has 2 aromatic carbocycles. The van der Waals surface area contributed by atoms with Crippen LogP contribution in [0.1, 0.15) is 27.0 Å². The first-order valence-electron chi connectivity index (χ1n) is 6.18. The predicted molar refractivity (Wildman–Crippen MR) is 71.0 cm³/mol. The monoisotopic (exact) mass is 274 g/mol. The Morgan fingerprint density at radius 3 is 2.55 bits per heavy atom. The van der Waals surface area contributed by atoms with E-state index in [1.165, 1.54) is 25.3 Å². The van der Waals surface area contributed by atoms with Crippen LogP contribution in [0.15, 0.2) is 36.4 Å². The molecule has 0 saturated carbocycles. The Labute approximate surface area is 115 Å². The number of aryl methyl sites for hydroxylation is 1. The summed E-state index contributed by atoms with van der Waals surface area (Å²) in [6.07, 6.45) is 0. The Morgan fingerprint density at radius 1 is 1.15 bits per heavy atom. The van der Waals surface area contributed by atoms with Gasteiger partial charge >= 0.3 is 5.97 Å². The third-order valence-corrected chi connectivity index (χ3v) is 3.63. The maximum Gasteiger partial charge on any atom is 0.337 e. The molecule has 0 spiro atoms. The van der Waals surface area contributed by atoms with E-state index >= 15 is 0 Å². The smallest absolute Gasteiger partial charge is 0.337 e. The van der Waals surface area contributed by atoms with Gasteiger partial charge in [0.05, 0.1) is 12.7 Å². The lowest BCUT2D eigenvalue weighted by Crippen LogP contribution is -2.13. The molecule has 0 aromatic heterocycles. The topological polar surface area (TPSA) is 26.3 Å². The Kier molecular flexibility index (Phi) is 2.64. The van der Waals surface area contributed by atoms with Gasteiger partial charge in [0, 0.05) is 11.1 Å². The lowest BCUT2D eigenvalue weighted by atomic mass is 9.97. The predicted octanol–water partition coefficient (Wildman–Crippen LogP) is 3.90. The zero-order chi connectivity index (χ0) is 14.5. The standard InChI is InChI=1S/C16H12F2O2/c1-9-7-10(15(19)20-2)8-12-11-5-3-4-6-13(11)16(17,18)14(9)12/h3-8H,1-2H3. The van der Waals surface area contributed by atoms with Crippen LogP contribution in [0.5, 0.6) is 0 Å². The summed E-state index contributed by atoms with van der Waals surface area (Å²) in [6.45, 7) is 1.59. The number of rotatable bonds is 1. The van der Waals surface area contributed by atoms with Crippen LogP contribution in [0.2, 0.25) is 0 Å². The number of carbonyl (C=O) groups is 1. The number of alkyl halides is 2. The SMILES string of the molecule is COC(=O)c1cc(C)c2c(c1)-c1ccccc1C2(F)F. The molecule has 0 amide bonds. The number of hydrogen-bond acceptors (Lipinski definition) is 2. The first kappa shape index (κ1) is 12.8. The van der Waals surface area contributed by atoms with Crippen molar-refractivity contribution in [1.29, 1.82) is 0 Å².